The number of carbonyl (C=O) groups is 5. The minimum atomic E-state index is -0.634. The number of hydrogen-bond acceptors (Lipinski definition) is 7. The van der Waals surface area contributed by atoms with Crippen LogP contribution in [-0.4, -0.2) is 42.9 Å². The summed E-state index contributed by atoms with van der Waals surface area (Å²) in [5, 5.41) is 2.55. The van der Waals surface area contributed by atoms with Gasteiger partial charge in [0, 0.05) is 24.1 Å². The second kappa shape index (κ2) is 14.0. The molecule has 0 radical (unpaired) electrons. The van der Waals surface area contributed by atoms with Crippen LogP contribution in [-0.2, 0) is 23.9 Å². The maximum absolute atomic E-state index is 11.9. The molecule has 3 amide bonds. The Morgan fingerprint density at radius 1 is 0.765 bits per heavy atom. The van der Waals surface area contributed by atoms with Gasteiger partial charge in [-0.3, -0.25) is 30.0 Å². The molecule has 2 aromatic rings. The summed E-state index contributed by atoms with van der Waals surface area (Å²) in [6, 6.07) is 14.5. The Morgan fingerprint density at radius 3 is 2.15 bits per heavy atom. The molecule has 0 spiro atoms. The normalized spacial score (nSPS) is 10.0. The van der Waals surface area contributed by atoms with E-state index in [9.17, 15) is 24.0 Å². The van der Waals surface area contributed by atoms with Crippen molar-refractivity contribution in [2.24, 2.45) is 0 Å². The first-order chi connectivity index (χ1) is 16.4. The Labute approximate surface area is 197 Å². The molecule has 0 aliphatic rings. The minimum Gasteiger partial charge on any atom is -0.462 e. The summed E-state index contributed by atoms with van der Waals surface area (Å²) >= 11 is 0. The molecule has 10 heteroatoms. The van der Waals surface area contributed by atoms with Crippen molar-refractivity contribution in [1.29, 1.82) is 0 Å². The van der Waals surface area contributed by atoms with Gasteiger partial charge in [-0.25, -0.2) is 4.79 Å². The van der Waals surface area contributed by atoms with E-state index >= 15 is 0 Å². The van der Waals surface area contributed by atoms with Crippen LogP contribution in [0.2, 0.25) is 0 Å². The van der Waals surface area contributed by atoms with E-state index in [0.29, 0.717) is 23.4 Å². The smallest absolute Gasteiger partial charge is 0.338 e. The summed E-state index contributed by atoms with van der Waals surface area (Å²) < 4.78 is 9.92. The van der Waals surface area contributed by atoms with Crippen molar-refractivity contribution in [3.63, 3.8) is 0 Å². The van der Waals surface area contributed by atoms with E-state index in [2.05, 4.69) is 16.2 Å². The van der Waals surface area contributed by atoms with Crippen molar-refractivity contribution in [2.75, 3.05) is 18.5 Å². The molecule has 0 atom stereocenters. The molecular formula is C24H27N3O7. The fourth-order valence-corrected chi connectivity index (χ4v) is 2.63. The van der Waals surface area contributed by atoms with Crippen LogP contribution in [0.4, 0.5) is 5.69 Å². The molecule has 0 aliphatic heterocycles. The fraction of sp³-hybridized carbons (Fsp3) is 0.292. The lowest BCUT2D eigenvalue weighted by Gasteiger charge is -2.08. The third kappa shape index (κ3) is 9.51. The predicted molar refractivity (Wildman–Crippen MR) is 123 cm³/mol. The van der Waals surface area contributed by atoms with Crippen LogP contribution in [0, 0.1) is 0 Å². The maximum Gasteiger partial charge on any atom is 0.338 e. The summed E-state index contributed by atoms with van der Waals surface area (Å²) in [6.07, 6.45) is 0.827. The molecule has 10 nitrogen and oxygen atoms in total. The van der Waals surface area contributed by atoms with E-state index in [0.717, 1.165) is 6.42 Å². The molecule has 0 fully saturated rings. The first-order valence-electron chi connectivity index (χ1n) is 10.8. The number of rotatable bonds is 11. The van der Waals surface area contributed by atoms with Crippen molar-refractivity contribution in [3.05, 3.63) is 65.7 Å². The highest BCUT2D eigenvalue weighted by Crippen LogP contribution is 2.11. The molecule has 3 N–H and O–H groups in total. The molecule has 0 bridgehead atoms. The van der Waals surface area contributed by atoms with Crippen LogP contribution < -0.4 is 16.2 Å². The van der Waals surface area contributed by atoms with E-state index in [1.54, 1.807) is 30.3 Å². The zero-order valence-corrected chi connectivity index (χ0v) is 18.8. The third-order valence-electron chi connectivity index (χ3n) is 4.34. The van der Waals surface area contributed by atoms with Crippen molar-refractivity contribution in [1.82, 2.24) is 10.9 Å². The fourth-order valence-electron chi connectivity index (χ4n) is 2.63. The predicted octanol–water partition coefficient (Wildman–Crippen LogP) is 2.37. The standard InChI is InChI=1S/C24H27N3O7/c1-2-15-33-24(32)18-11-13-19(14-12-18)25-21(29)16-34-22(30)10-6-9-20(28)26-27-23(31)17-7-4-3-5-8-17/h3-5,7-8,11-14H,2,6,9-10,15-16H2,1H3,(H,25,29)(H,26,28)(H,27,31). The Balaban J connectivity index is 1.60. The zero-order chi connectivity index (χ0) is 24.8. The first kappa shape index (κ1) is 26.0. The largest absolute Gasteiger partial charge is 0.462 e. The highest BCUT2D eigenvalue weighted by Gasteiger charge is 2.11. The van der Waals surface area contributed by atoms with E-state index in [1.807, 2.05) is 6.92 Å². The van der Waals surface area contributed by atoms with E-state index in [-0.39, 0.29) is 19.3 Å². The topological polar surface area (TPSA) is 140 Å². The number of nitrogens with one attached hydrogen (secondary N) is 3. The third-order valence-corrected chi connectivity index (χ3v) is 4.34. The zero-order valence-electron chi connectivity index (χ0n) is 18.8. The number of carbonyl (C=O) groups excluding carboxylic acids is 5. The highest BCUT2D eigenvalue weighted by atomic mass is 16.5. The Kier molecular flexibility index (Phi) is 10.8. The second-order valence-electron chi connectivity index (χ2n) is 7.14. The summed E-state index contributed by atoms with van der Waals surface area (Å²) in [7, 11) is 0. The van der Waals surface area contributed by atoms with Gasteiger partial charge in [0.2, 0.25) is 5.91 Å². The minimum absolute atomic E-state index is 0.0105. The lowest BCUT2D eigenvalue weighted by molar-refractivity contribution is -0.147. The molecular weight excluding hydrogens is 442 g/mol. The van der Waals surface area contributed by atoms with Gasteiger partial charge in [0.1, 0.15) is 0 Å². The number of hydrogen-bond donors (Lipinski definition) is 3. The Morgan fingerprint density at radius 2 is 1.47 bits per heavy atom. The van der Waals surface area contributed by atoms with E-state index in [4.69, 9.17) is 9.47 Å². The van der Waals surface area contributed by atoms with Crippen molar-refractivity contribution in [3.8, 4) is 0 Å². The number of amides is 3. The first-order valence-corrected chi connectivity index (χ1v) is 10.8. The maximum atomic E-state index is 11.9. The summed E-state index contributed by atoms with van der Waals surface area (Å²) in [4.78, 5) is 59.1. The monoisotopic (exact) mass is 469 g/mol. The average molecular weight is 469 g/mol. The van der Waals surface area contributed by atoms with Crippen molar-refractivity contribution in [2.45, 2.75) is 32.6 Å². The summed E-state index contributed by atoms with van der Waals surface area (Å²) in [6.45, 7) is 1.74. The van der Waals surface area contributed by atoms with Crippen LogP contribution in [0.5, 0.6) is 0 Å². The van der Waals surface area contributed by atoms with Gasteiger partial charge < -0.3 is 14.8 Å². The molecule has 34 heavy (non-hydrogen) atoms. The van der Waals surface area contributed by atoms with E-state index < -0.39 is 36.3 Å². The number of ether oxygens (including phenoxy) is 2. The molecule has 2 aromatic carbocycles. The SMILES string of the molecule is CCCOC(=O)c1ccc(NC(=O)COC(=O)CCCC(=O)NNC(=O)c2ccccc2)cc1. The van der Waals surface area contributed by atoms with Crippen LogP contribution in [0.25, 0.3) is 0 Å². The van der Waals surface area contributed by atoms with E-state index in [1.165, 1.54) is 24.3 Å². The lowest BCUT2D eigenvalue weighted by Crippen LogP contribution is -2.41. The van der Waals surface area contributed by atoms with Crippen molar-refractivity contribution >= 4 is 35.3 Å². The quantitative estimate of drug-likeness (QED) is 0.339. The molecule has 0 saturated heterocycles. The number of hydrazine groups is 1. The molecule has 180 valence electrons. The van der Waals surface area contributed by atoms with Crippen LogP contribution in [0.3, 0.4) is 0 Å². The van der Waals surface area contributed by atoms with Gasteiger partial charge >= 0.3 is 11.9 Å². The molecule has 0 aromatic heterocycles. The lowest BCUT2D eigenvalue weighted by atomic mass is 10.2. The van der Waals surface area contributed by atoms with Gasteiger partial charge in [0.05, 0.1) is 12.2 Å². The van der Waals surface area contributed by atoms with Gasteiger partial charge in [-0.15, -0.1) is 0 Å². The van der Waals surface area contributed by atoms with Crippen LogP contribution in [0.1, 0.15) is 53.3 Å². The number of esters is 2. The molecule has 0 unspecified atom stereocenters. The molecule has 0 saturated carbocycles. The number of anilines is 1. The van der Waals surface area contributed by atoms with Gasteiger partial charge in [0.25, 0.3) is 11.8 Å². The molecule has 0 aliphatic carbocycles. The summed E-state index contributed by atoms with van der Waals surface area (Å²) in [5.74, 6) is -2.54. The van der Waals surface area contributed by atoms with Gasteiger partial charge in [-0.2, -0.15) is 0 Å². The molecule has 2 rings (SSSR count). The van der Waals surface area contributed by atoms with Gasteiger partial charge in [0.15, 0.2) is 6.61 Å². The molecule has 0 heterocycles. The average Bonchev–Trinajstić information content (AvgIpc) is 2.85. The Bertz CT molecular complexity index is 991. The Hall–Kier alpha value is -4.21. The van der Waals surface area contributed by atoms with Gasteiger partial charge in [-0.1, -0.05) is 25.1 Å². The van der Waals surface area contributed by atoms with Crippen LogP contribution >= 0.6 is 0 Å². The van der Waals surface area contributed by atoms with Gasteiger partial charge in [-0.05, 0) is 49.2 Å². The summed E-state index contributed by atoms with van der Waals surface area (Å²) in [5.41, 5.74) is 5.75. The number of benzene rings is 2. The van der Waals surface area contributed by atoms with Crippen LogP contribution in [0.15, 0.2) is 54.6 Å². The van der Waals surface area contributed by atoms with Crippen molar-refractivity contribution < 1.29 is 33.4 Å². The second-order valence-corrected chi connectivity index (χ2v) is 7.14. The highest BCUT2D eigenvalue weighted by molar-refractivity contribution is 5.95.